The average molecular weight is 458 g/mol. The van der Waals surface area contributed by atoms with Crippen LogP contribution in [0, 0.1) is 0 Å². The molecular weight excluding hydrogens is 426 g/mol. The minimum Gasteiger partial charge on any atom is -0.508 e. The summed E-state index contributed by atoms with van der Waals surface area (Å²) >= 11 is 0. The number of carbonyl (C=O) groups is 1. The van der Waals surface area contributed by atoms with Crippen LogP contribution in [0.15, 0.2) is 77.8 Å². The summed E-state index contributed by atoms with van der Waals surface area (Å²) < 4.78 is 5.78. The van der Waals surface area contributed by atoms with Crippen LogP contribution >= 0.6 is 0 Å². The summed E-state index contributed by atoms with van der Waals surface area (Å²) in [7, 11) is 0. The van der Waals surface area contributed by atoms with Crippen molar-refractivity contribution >= 4 is 23.8 Å². The first-order valence-corrected chi connectivity index (χ1v) is 11.7. The maximum absolute atomic E-state index is 12.5. The molecule has 0 saturated carbocycles. The van der Waals surface area contributed by atoms with Gasteiger partial charge in [-0.2, -0.15) is 0 Å². The van der Waals surface area contributed by atoms with Gasteiger partial charge in [-0.05, 0) is 66.6 Å². The number of nitrogens with zero attached hydrogens (tertiary/aromatic N) is 1. The van der Waals surface area contributed by atoms with Gasteiger partial charge in [0.15, 0.2) is 5.78 Å². The molecule has 0 amide bonds. The molecule has 0 saturated heterocycles. The number of hydrogen-bond acceptors (Lipinski definition) is 5. The van der Waals surface area contributed by atoms with Crippen molar-refractivity contribution in [1.82, 2.24) is 0 Å². The molecule has 34 heavy (non-hydrogen) atoms. The molecule has 0 bridgehead atoms. The summed E-state index contributed by atoms with van der Waals surface area (Å²) in [6.45, 7) is 2.94. The third-order valence-electron chi connectivity index (χ3n) is 5.34. The van der Waals surface area contributed by atoms with Crippen LogP contribution in [0.4, 0.5) is 5.69 Å². The van der Waals surface area contributed by atoms with Crippen LogP contribution in [-0.4, -0.2) is 28.8 Å². The predicted octanol–water partition coefficient (Wildman–Crippen LogP) is 7.09. The standard InChI is InChI=1S/C29H31NO4/c1-2-3-4-5-6-19-34-27-16-7-22(8-17-27)9-18-28(32)23-10-13-25(14-11-23)30-21-24-12-15-26(31)20-29(24)33/h7-18,20-21,31,33H,2-6,19H2,1H3. The Hall–Kier alpha value is -3.86. The SMILES string of the molecule is CCCCCCCOc1ccc(C=CC(=O)c2ccc(N=Cc3ccc(O)cc3O)cc2)cc1. The van der Waals surface area contributed by atoms with Crippen molar-refractivity contribution in [3.05, 3.63) is 89.5 Å². The Morgan fingerprint density at radius 1 is 0.912 bits per heavy atom. The normalized spacial score (nSPS) is 11.3. The van der Waals surface area contributed by atoms with Crippen molar-refractivity contribution in [2.45, 2.75) is 39.0 Å². The molecule has 0 spiro atoms. The Balaban J connectivity index is 1.50. The summed E-state index contributed by atoms with van der Waals surface area (Å²) in [4.78, 5) is 16.8. The van der Waals surface area contributed by atoms with Crippen LogP contribution in [0.2, 0.25) is 0 Å². The second-order valence-electron chi connectivity index (χ2n) is 8.08. The molecule has 3 rings (SSSR count). The third-order valence-corrected chi connectivity index (χ3v) is 5.34. The molecule has 0 aliphatic heterocycles. The first-order chi connectivity index (χ1) is 16.5. The Labute approximate surface area is 201 Å². The smallest absolute Gasteiger partial charge is 0.185 e. The Bertz CT molecular complexity index is 1120. The van der Waals surface area contributed by atoms with E-state index in [1.54, 1.807) is 42.5 Å². The number of hydrogen-bond donors (Lipinski definition) is 2. The number of aliphatic imine (C=N–C) groups is 1. The van der Waals surface area contributed by atoms with Gasteiger partial charge in [-0.1, -0.05) is 50.8 Å². The van der Waals surface area contributed by atoms with E-state index in [2.05, 4.69) is 11.9 Å². The first-order valence-electron chi connectivity index (χ1n) is 11.7. The number of benzene rings is 3. The number of unbranched alkanes of at least 4 members (excludes halogenated alkanes) is 4. The lowest BCUT2D eigenvalue weighted by atomic mass is 10.1. The minimum absolute atomic E-state index is 0.0111. The lowest BCUT2D eigenvalue weighted by Crippen LogP contribution is -1.97. The van der Waals surface area contributed by atoms with Crippen molar-refractivity contribution < 1.29 is 19.7 Å². The van der Waals surface area contributed by atoms with E-state index in [0.717, 1.165) is 24.3 Å². The minimum atomic E-state index is -0.0980. The Kier molecular flexibility index (Phi) is 9.47. The maximum atomic E-state index is 12.5. The van der Waals surface area contributed by atoms with Crippen LogP contribution in [0.1, 0.15) is 60.5 Å². The van der Waals surface area contributed by atoms with Gasteiger partial charge in [-0.3, -0.25) is 9.79 Å². The highest BCUT2D eigenvalue weighted by Gasteiger charge is 2.03. The van der Waals surface area contributed by atoms with Crippen LogP contribution < -0.4 is 4.74 Å². The van der Waals surface area contributed by atoms with E-state index < -0.39 is 0 Å². The molecule has 0 radical (unpaired) electrons. The molecule has 0 atom stereocenters. The Morgan fingerprint density at radius 3 is 2.35 bits per heavy atom. The second-order valence-corrected chi connectivity index (χ2v) is 8.08. The molecule has 2 N–H and O–H groups in total. The van der Waals surface area contributed by atoms with E-state index in [9.17, 15) is 15.0 Å². The summed E-state index contributed by atoms with van der Waals surface area (Å²) in [6.07, 6.45) is 10.9. The fourth-order valence-electron chi connectivity index (χ4n) is 3.34. The van der Waals surface area contributed by atoms with Crippen molar-refractivity contribution in [2.75, 3.05) is 6.61 Å². The number of aromatic hydroxyl groups is 2. The monoisotopic (exact) mass is 457 g/mol. The molecule has 3 aromatic carbocycles. The topological polar surface area (TPSA) is 79.1 Å². The summed E-state index contributed by atoms with van der Waals surface area (Å²) in [5.74, 6) is 0.681. The largest absolute Gasteiger partial charge is 0.508 e. The number of rotatable bonds is 12. The van der Waals surface area contributed by atoms with E-state index in [-0.39, 0.29) is 17.3 Å². The fourth-order valence-corrected chi connectivity index (χ4v) is 3.34. The molecule has 5 heteroatoms. The quantitative estimate of drug-likeness (QED) is 0.132. The van der Waals surface area contributed by atoms with Gasteiger partial charge in [0.1, 0.15) is 17.2 Å². The summed E-state index contributed by atoms with van der Waals surface area (Å²) in [5, 5.41) is 19.2. The molecule has 0 fully saturated rings. The lowest BCUT2D eigenvalue weighted by Gasteiger charge is -2.06. The molecule has 0 aliphatic rings. The highest BCUT2D eigenvalue weighted by molar-refractivity contribution is 6.07. The number of ketones is 1. The number of phenolic OH excluding ortho intramolecular Hbond substituents is 2. The molecular formula is C29H31NO4. The summed E-state index contributed by atoms with van der Waals surface area (Å²) in [5.41, 5.74) is 2.63. The zero-order valence-electron chi connectivity index (χ0n) is 19.5. The molecule has 5 nitrogen and oxygen atoms in total. The zero-order valence-corrected chi connectivity index (χ0v) is 19.5. The van der Waals surface area contributed by atoms with E-state index in [4.69, 9.17) is 4.74 Å². The lowest BCUT2D eigenvalue weighted by molar-refractivity contribution is 0.104. The molecule has 0 aromatic heterocycles. The van der Waals surface area contributed by atoms with Gasteiger partial charge in [0.05, 0.1) is 12.3 Å². The molecule has 0 aliphatic carbocycles. The molecule has 0 heterocycles. The van der Waals surface area contributed by atoms with Crippen molar-refractivity contribution in [3.63, 3.8) is 0 Å². The Morgan fingerprint density at radius 2 is 1.65 bits per heavy atom. The number of carbonyl (C=O) groups excluding carboxylic acids is 1. The maximum Gasteiger partial charge on any atom is 0.185 e. The van der Waals surface area contributed by atoms with Gasteiger partial charge in [0, 0.05) is 23.4 Å². The number of allylic oxidation sites excluding steroid dienone is 1. The van der Waals surface area contributed by atoms with Crippen molar-refractivity contribution in [3.8, 4) is 17.2 Å². The van der Waals surface area contributed by atoms with E-state index in [1.807, 2.05) is 24.3 Å². The van der Waals surface area contributed by atoms with Crippen molar-refractivity contribution in [2.24, 2.45) is 4.99 Å². The van der Waals surface area contributed by atoms with Gasteiger partial charge in [0.25, 0.3) is 0 Å². The summed E-state index contributed by atoms with van der Waals surface area (Å²) in [6, 6.07) is 18.9. The van der Waals surface area contributed by atoms with Gasteiger partial charge in [0.2, 0.25) is 0 Å². The van der Waals surface area contributed by atoms with E-state index >= 15 is 0 Å². The fraction of sp³-hybridized carbons (Fsp3) is 0.241. The predicted molar refractivity (Wildman–Crippen MR) is 138 cm³/mol. The van der Waals surface area contributed by atoms with Gasteiger partial charge in [-0.25, -0.2) is 0 Å². The van der Waals surface area contributed by atoms with Crippen LogP contribution in [0.25, 0.3) is 6.08 Å². The molecule has 176 valence electrons. The van der Waals surface area contributed by atoms with E-state index in [1.165, 1.54) is 44.0 Å². The zero-order chi connectivity index (χ0) is 24.2. The van der Waals surface area contributed by atoms with Gasteiger partial charge in [-0.15, -0.1) is 0 Å². The van der Waals surface area contributed by atoms with Crippen LogP contribution in [0.5, 0.6) is 17.2 Å². The van der Waals surface area contributed by atoms with Crippen molar-refractivity contribution in [1.29, 1.82) is 0 Å². The third kappa shape index (κ3) is 7.93. The average Bonchev–Trinajstić information content (AvgIpc) is 2.85. The number of ether oxygens (including phenoxy) is 1. The molecule has 0 unspecified atom stereocenters. The van der Waals surface area contributed by atoms with Crippen LogP contribution in [0.3, 0.4) is 0 Å². The van der Waals surface area contributed by atoms with E-state index in [0.29, 0.717) is 16.8 Å². The number of phenols is 2. The van der Waals surface area contributed by atoms with Gasteiger partial charge < -0.3 is 14.9 Å². The van der Waals surface area contributed by atoms with Crippen LogP contribution in [-0.2, 0) is 0 Å². The highest BCUT2D eigenvalue weighted by Crippen LogP contribution is 2.22. The van der Waals surface area contributed by atoms with Gasteiger partial charge >= 0.3 is 0 Å². The first kappa shape index (κ1) is 24.8. The second kappa shape index (κ2) is 13.0. The molecule has 3 aromatic rings. The highest BCUT2D eigenvalue weighted by atomic mass is 16.5.